The molecule has 1 N–H and O–H groups in total. The van der Waals surface area contributed by atoms with Crippen LogP contribution in [0.5, 0.6) is 5.75 Å². The van der Waals surface area contributed by atoms with Crippen LogP contribution in [0.3, 0.4) is 0 Å². The average Bonchev–Trinajstić information content (AvgIpc) is 2.55. The molecule has 0 heterocycles. The van der Waals surface area contributed by atoms with E-state index in [1.807, 2.05) is 0 Å². The number of carbonyl (C=O) groups excluding carboxylic acids is 1. The summed E-state index contributed by atoms with van der Waals surface area (Å²) in [6, 6.07) is 12.7. The lowest BCUT2D eigenvalue weighted by Gasteiger charge is -2.12. The Morgan fingerprint density at radius 2 is 2.08 bits per heavy atom. The number of benzene rings is 2. The van der Waals surface area contributed by atoms with Gasteiger partial charge < -0.3 is 4.74 Å². The van der Waals surface area contributed by atoms with Crippen LogP contribution in [-0.4, -0.2) is 23.1 Å². The van der Waals surface area contributed by atoms with Gasteiger partial charge in [-0.3, -0.25) is 14.9 Å². The molecular formula is C16H14ClN3O4. The Kier molecular flexibility index (Phi) is 5.86. The van der Waals surface area contributed by atoms with E-state index in [1.54, 1.807) is 43.3 Å². The highest BCUT2D eigenvalue weighted by atomic mass is 35.5. The first-order valence-corrected chi connectivity index (χ1v) is 7.33. The van der Waals surface area contributed by atoms with Crippen molar-refractivity contribution in [2.75, 3.05) is 0 Å². The summed E-state index contributed by atoms with van der Waals surface area (Å²) in [5, 5.41) is 15.1. The quantitative estimate of drug-likeness (QED) is 0.493. The third-order valence-electron chi connectivity index (χ3n) is 2.99. The molecule has 124 valence electrons. The Labute approximate surface area is 143 Å². The van der Waals surface area contributed by atoms with Gasteiger partial charge in [-0.25, -0.2) is 5.43 Å². The molecule has 0 spiro atoms. The average molecular weight is 348 g/mol. The van der Waals surface area contributed by atoms with E-state index in [9.17, 15) is 14.9 Å². The van der Waals surface area contributed by atoms with Gasteiger partial charge in [0.25, 0.3) is 11.6 Å². The Balaban J connectivity index is 1.96. The molecule has 1 amide bonds. The zero-order valence-electron chi connectivity index (χ0n) is 12.7. The van der Waals surface area contributed by atoms with Gasteiger partial charge in [0, 0.05) is 11.1 Å². The van der Waals surface area contributed by atoms with Crippen molar-refractivity contribution in [3.63, 3.8) is 0 Å². The van der Waals surface area contributed by atoms with Gasteiger partial charge in [-0.05, 0) is 31.2 Å². The first kappa shape index (κ1) is 17.4. The molecule has 2 aromatic rings. The summed E-state index contributed by atoms with van der Waals surface area (Å²) in [5.41, 5.74) is 2.47. The molecule has 0 unspecified atom stereocenters. The summed E-state index contributed by atoms with van der Waals surface area (Å²) in [4.78, 5) is 22.3. The lowest BCUT2D eigenvalue weighted by molar-refractivity contribution is -0.385. The molecule has 0 saturated heterocycles. The Morgan fingerprint density at radius 3 is 2.79 bits per heavy atom. The SMILES string of the molecule is C[C@H](Oc1cccc(Cl)c1)C(=O)N/N=C\c1ccccc1[N+](=O)[O-]. The number of carbonyl (C=O) groups is 1. The second-order valence-corrected chi connectivity index (χ2v) is 5.20. The van der Waals surface area contributed by atoms with Crippen LogP contribution in [0.25, 0.3) is 0 Å². The molecule has 2 rings (SSSR count). The van der Waals surface area contributed by atoms with E-state index in [4.69, 9.17) is 16.3 Å². The van der Waals surface area contributed by atoms with E-state index in [1.165, 1.54) is 18.3 Å². The van der Waals surface area contributed by atoms with Gasteiger partial charge in [0.05, 0.1) is 16.7 Å². The maximum Gasteiger partial charge on any atom is 0.280 e. The Bertz CT molecular complexity index is 779. The highest BCUT2D eigenvalue weighted by Crippen LogP contribution is 2.18. The van der Waals surface area contributed by atoms with Crippen molar-refractivity contribution >= 4 is 29.4 Å². The lowest BCUT2D eigenvalue weighted by atomic mass is 10.2. The third-order valence-corrected chi connectivity index (χ3v) is 3.23. The smallest absolute Gasteiger partial charge is 0.280 e. The van der Waals surface area contributed by atoms with E-state index in [0.29, 0.717) is 10.8 Å². The number of nitrogens with one attached hydrogen (secondary N) is 1. The van der Waals surface area contributed by atoms with Crippen molar-refractivity contribution in [1.82, 2.24) is 5.43 Å². The summed E-state index contributed by atoms with van der Waals surface area (Å²) < 4.78 is 5.44. The fourth-order valence-electron chi connectivity index (χ4n) is 1.82. The zero-order valence-corrected chi connectivity index (χ0v) is 13.4. The van der Waals surface area contributed by atoms with Crippen LogP contribution in [0.15, 0.2) is 53.6 Å². The molecule has 0 bridgehead atoms. The number of nitrogens with zero attached hydrogens (tertiary/aromatic N) is 2. The molecule has 0 fully saturated rings. The molecule has 0 aromatic heterocycles. The summed E-state index contributed by atoms with van der Waals surface area (Å²) in [6.07, 6.45) is 0.397. The molecule has 0 aliphatic rings. The van der Waals surface area contributed by atoms with Crippen molar-refractivity contribution in [3.8, 4) is 5.75 Å². The number of hydrazone groups is 1. The molecule has 0 aliphatic heterocycles. The van der Waals surface area contributed by atoms with Crippen molar-refractivity contribution < 1.29 is 14.5 Å². The largest absolute Gasteiger partial charge is 0.481 e. The van der Waals surface area contributed by atoms with Crippen LogP contribution in [0, 0.1) is 10.1 Å². The zero-order chi connectivity index (χ0) is 17.5. The predicted octanol–water partition coefficient (Wildman–Crippen LogP) is 3.17. The van der Waals surface area contributed by atoms with Gasteiger partial charge in [0.1, 0.15) is 5.75 Å². The van der Waals surface area contributed by atoms with Gasteiger partial charge in [-0.1, -0.05) is 29.8 Å². The second kappa shape index (κ2) is 8.07. The maximum atomic E-state index is 11.9. The number of nitro groups is 1. The van der Waals surface area contributed by atoms with Gasteiger partial charge in [-0.15, -0.1) is 0 Å². The molecule has 0 aliphatic carbocycles. The summed E-state index contributed by atoms with van der Waals surface area (Å²) in [6.45, 7) is 1.55. The highest BCUT2D eigenvalue weighted by molar-refractivity contribution is 6.30. The van der Waals surface area contributed by atoms with Crippen LogP contribution in [-0.2, 0) is 4.79 Å². The van der Waals surface area contributed by atoms with Crippen LogP contribution >= 0.6 is 11.6 Å². The number of hydrogen-bond acceptors (Lipinski definition) is 5. The molecule has 8 heteroatoms. The highest BCUT2D eigenvalue weighted by Gasteiger charge is 2.14. The Morgan fingerprint density at radius 1 is 1.33 bits per heavy atom. The third kappa shape index (κ3) is 4.79. The fourth-order valence-corrected chi connectivity index (χ4v) is 2.00. The number of para-hydroxylation sites is 1. The molecule has 0 radical (unpaired) electrons. The normalized spacial score (nSPS) is 11.9. The van der Waals surface area contributed by atoms with Gasteiger partial charge in [-0.2, -0.15) is 5.10 Å². The van der Waals surface area contributed by atoms with Gasteiger partial charge in [0.15, 0.2) is 6.10 Å². The monoisotopic (exact) mass is 347 g/mol. The fraction of sp³-hybridized carbons (Fsp3) is 0.125. The first-order valence-electron chi connectivity index (χ1n) is 6.96. The number of rotatable bonds is 6. The van der Waals surface area contributed by atoms with Crippen LogP contribution in [0.4, 0.5) is 5.69 Å². The summed E-state index contributed by atoms with van der Waals surface area (Å²) in [5.74, 6) is -0.0439. The molecule has 7 nitrogen and oxygen atoms in total. The lowest BCUT2D eigenvalue weighted by Crippen LogP contribution is -2.33. The number of hydrogen-bond donors (Lipinski definition) is 1. The number of ether oxygens (including phenoxy) is 1. The maximum absolute atomic E-state index is 11.9. The van der Waals surface area contributed by atoms with Crippen molar-refractivity contribution in [2.24, 2.45) is 5.10 Å². The Hall–Kier alpha value is -2.93. The number of halogens is 1. The van der Waals surface area contributed by atoms with Crippen molar-refractivity contribution in [3.05, 3.63) is 69.2 Å². The van der Waals surface area contributed by atoms with Crippen molar-refractivity contribution in [1.29, 1.82) is 0 Å². The molecular weight excluding hydrogens is 334 g/mol. The summed E-state index contributed by atoms with van der Waals surface area (Å²) in [7, 11) is 0. The second-order valence-electron chi connectivity index (χ2n) is 4.77. The van der Waals surface area contributed by atoms with Crippen LogP contribution in [0.1, 0.15) is 12.5 Å². The minimum atomic E-state index is -0.814. The van der Waals surface area contributed by atoms with Gasteiger partial charge in [0.2, 0.25) is 0 Å². The van der Waals surface area contributed by atoms with Gasteiger partial charge >= 0.3 is 0 Å². The first-order chi connectivity index (χ1) is 11.5. The molecule has 24 heavy (non-hydrogen) atoms. The topological polar surface area (TPSA) is 93.8 Å². The van der Waals surface area contributed by atoms with Crippen LogP contribution in [0.2, 0.25) is 5.02 Å². The molecule has 0 saturated carbocycles. The minimum absolute atomic E-state index is 0.0984. The molecule has 2 aromatic carbocycles. The molecule has 1 atom stereocenters. The van der Waals surface area contributed by atoms with E-state index < -0.39 is 16.9 Å². The van der Waals surface area contributed by atoms with E-state index >= 15 is 0 Å². The standard InChI is InChI=1S/C16H14ClN3O4/c1-11(24-14-7-4-6-13(17)9-14)16(21)19-18-10-12-5-2-3-8-15(12)20(22)23/h2-11H,1H3,(H,19,21)/b18-10-/t11-/m0/s1. The minimum Gasteiger partial charge on any atom is -0.481 e. The van der Waals surface area contributed by atoms with E-state index in [0.717, 1.165) is 0 Å². The van der Waals surface area contributed by atoms with E-state index in [2.05, 4.69) is 10.5 Å². The van der Waals surface area contributed by atoms with Crippen LogP contribution < -0.4 is 10.2 Å². The number of amides is 1. The summed E-state index contributed by atoms with van der Waals surface area (Å²) >= 11 is 5.84. The van der Waals surface area contributed by atoms with Crippen molar-refractivity contribution in [2.45, 2.75) is 13.0 Å². The number of nitro benzene ring substituents is 1. The predicted molar refractivity (Wildman–Crippen MR) is 90.4 cm³/mol. The van der Waals surface area contributed by atoms with E-state index in [-0.39, 0.29) is 11.3 Å².